The first kappa shape index (κ1) is 13.6. The van der Waals surface area contributed by atoms with Crippen LogP contribution in [0.2, 0.25) is 0 Å². The highest BCUT2D eigenvalue weighted by Crippen LogP contribution is 2.13. The maximum absolute atomic E-state index is 11.1. The molecule has 5 nitrogen and oxygen atoms in total. The summed E-state index contributed by atoms with van der Waals surface area (Å²) in [5, 5.41) is 6.14. The summed E-state index contributed by atoms with van der Waals surface area (Å²) >= 11 is 1.59. The van der Waals surface area contributed by atoms with Crippen LogP contribution in [0.4, 0.5) is 0 Å². The minimum absolute atomic E-state index is 0.120. The standard InChI is InChI=1S/C9H17N3O2S2/c1-3-16(13,14)12-5-4-10-8(2)9-11-6-7-15-9/h6-8,10,12H,3-5H2,1-2H3. The Morgan fingerprint density at radius 3 is 2.81 bits per heavy atom. The van der Waals surface area contributed by atoms with E-state index in [4.69, 9.17) is 0 Å². The van der Waals surface area contributed by atoms with E-state index in [0.717, 1.165) is 5.01 Å². The van der Waals surface area contributed by atoms with Crippen LogP contribution in [0.3, 0.4) is 0 Å². The third kappa shape index (κ3) is 4.56. The minimum atomic E-state index is -3.07. The smallest absolute Gasteiger partial charge is 0.211 e. The summed E-state index contributed by atoms with van der Waals surface area (Å²) in [5.41, 5.74) is 0. The van der Waals surface area contributed by atoms with E-state index >= 15 is 0 Å². The average Bonchev–Trinajstić information content (AvgIpc) is 2.77. The first-order valence-electron chi connectivity index (χ1n) is 5.15. The zero-order valence-electron chi connectivity index (χ0n) is 9.43. The predicted octanol–water partition coefficient (Wildman–Crippen LogP) is 0.733. The van der Waals surface area contributed by atoms with Crippen LogP contribution in [0.1, 0.15) is 24.9 Å². The second kappa shape index (κ2) is 6.29. The fraction of sp³-hybridized carbons (Fsp3) is 0.667. The normalized spacial score (nSPS) is 13.9. The number of nitrogens with zero attached hydrogens (tertiary/aromatic N) is 1. The summed E-state index contributed by atoms with van der Waals surface area (Å²) in [6.45, 7) is 4.63. The molecule has 0 radical (unpaired) electrons. The van der Waals surface area contributed by atoms with Gasteiger partial charge in [-0.05, 0) is 13.8 Å². The first-order valence-corrected chi connectivity index (χ1v) is 7.68. The van der Waals surface area contributed by atoms with E-state index in [9.17, 15) is 8.42 Å². The molecule has 1 atom stereocenters. The Hall–Kier alpha value is -0.500. The van der Waals surface area contributed by atoms with Gasteiger partial charge in [0, 0.05) is 24.7 Å². The van der Waals surface area contributed by atoms with Gasteiger partial charge in [0.05, 0.1) is 11.8 Å². The lowest BCUT2D eigenvalue weighted by atomic mass is 10.3. The summed E-state index contributed by atoms with van der Waals surface area (Å²) in [7, 11) is -3.07. The maximum atomic E-state index is 11.1. The Morgan fingerprint density at radius 1 is 1.50 bits per heavy atom. The number of aromatic nitrogens is 1. The van der Waals surface area contributed by atoms with Crippen LogP contribution in [0.5, 0.6) is 0 Å². The van der Waals surface area contributed by atoms with Gasteiger partial charge in [-0.2, -0.15) is 0 Å². The van der Waals surface area contributed by atoms with Crippen molar-refractivity contribution in [3.05, 3.63) is 16.6 Å². The average molecular weight is 263 g/mol. The molecule has 0 saturated heterocycles. The molecule has 7 heteroatoms. The van der Waals surface area contributed by atoms with Crippen LogP contribution in [-0.2, 0) is 10.0 Å². The van der Waals surface area contributed by atoms with Gasteiger partial charge in [-0.3, -0.25) is 0 Å². The number of sulfonamides is 1. The van der Waals surface area contributed by atoms with Crippen LogP contribution in [0.15, 0.2) is 11.6 Å². The van der Waals surface area contributed by atoms with E-state index in [1.807, 2.05) is 12.3 Å². The number of thiazole rings is 1. The molecule has 2 N–H and O–H groups in total. The van der Waals surface area contributed by atoms with Crippen LogP contribution in [-0.4, -0.2) is 32.2 Å². The highest BCUT2D eigenvalue weighted by molar-refractivity contribution is 7.89. The van der Waals surface area contributed by atoms with Crippen LogP contribution < -0.4 is 10.0 Å². The monoisotopic (exact) mass is 263 g/mol. The molecule has 0 saturated carbocycles. The van der Waals surface area contributed by atoms with Crippen molar-refractivity contribution in [2.24, 2.45) is 0 Å². The third-order valence-corrected chi connectivity index (χ3v) is 4.46. The van der Waals surface area contributed by atoms with E-state index in [-0.39, 0.29) is 11.8 Å². The van der Waals surface area contributed by atoms with Crippen molar-refractivity contribution in [2.75, 3.05) is 18.8 Å². The highest BCUT2D eigenvalue weighted by Gasteiger charge is 2.08. The largest absolute Gasteiger partial charge is 0.307 e. The molecule has 0 spiro atoms. The molecular formula is C9H17N3O2S2. The molecule has 1 aromatic rings. The van der Waals surface area contributed by atoms with Gasteiger partial charge in [0.25, 0.3) is 0 Å². The van der Waals surface area contributed by atoms with Crippen molar-refractivity contribution in [3.63, 3.8) is 0 Å². The van der Waals surface area contributed by atoms with Gasteiger partial charge in [-0.25, -0.2) is 18.1 Å². The Bertz CT molecular complexity index is 389. The zero-order valence-corrected chi connectivity index (χ0v) is 11.1. The highest BCUT2D eigenvalue weighted by atomic mass is 32.2. The molecule has 0 aliphatic carbocycles. The molecule has 1 unspecified atom stereocenters. The third-order valence-electron chi connectivity index (χ3n) is 2.10. The molecule has 1 aromatic heterocycles. The minimum Gasteiger partial charge on any atom is -0.307 e. The molecule has 0 aromatic carbocycles. The Morgan fingerprint density at radius 2 is 2.25 bits per heavy atom. The molecule has 0 fully saturated rings. The fourth-order valence-electron chi connectivity index (χ4n) is 1.13. The Labute approximate surface area is 100 Å². The molecule has 0 amide bonds. The SMILES string of the molecule is CCS(=O)(=O)NCCNC(C)c1nccs1. The number of hydrogen-bond donors (Lipinski definition) is 2. The second-order valence-corrected chi connectivity index (χ2v) is 6.37. The summed E-state index contributed by atoms with van der Waals surface area (Å²) in [6, 6.07) is 0.158. The lowest BCUT2D eigenvalue weighted by Crippen LogP contribution is -2.33. The maximum Gasteiger partial charge on any atom is 0.211 e. The molecule has 92 valence electrons. The predicted molar refractivity (Wildman–Crippen MR) is 66.0 cm³/mol. The van der Waals surface area contributed by atoms with E-state index < -0.39 is 10.0 Å². The first-order chi connectivity index (χ1) is 7.55. The van der Waals surface area contributed by atoms with Gasteiger partial charge in [-0.1, -0.05) is 0 Å². The van der Waals surface area contributed by atoms with Gasteiger partial charge in [0.2, 0.25) is 10.0 Å². The zero-order chi connectivity index (χ0) is 12.0. The summed E-state index contributed by atoms with van der Waals surface area (Å²) in [5.74, 6) is 0.120. The molecule has 0 bridgehead atoms. The second-order valence-electron chi connectivity index (χ2n) is 3.34. The van der Waals surface area contributed by atoms with Gasteiger partial charge < -0.3 is 5.32 Å². The van der Waals surface area contributed by atoms with E-state index in [2.05, 4.69) is 15.0 Å². The van der Waals surface area contributed by atoms with Crippen LogP contribution in [0, 0.1) is 0 Å². The Kier molecular flexibility index (Phi) is 5.33. The van der Waals surface area contributed by atoms with Gasteiger partial charge in [0.15, 0.2) is 0 Å². The van der Waals surface area contributed by atoms with Crippen molar-refractivity contribution in [1.82, 2.24) is 15.0 Å². The number of hydrogen-bond acceptors (Lipinski definition) is 5. The summed E-state index contributed by atoms with van der Waals surface area (Å²) in [6.07, 6.45) is 1.76. The van der Waals surface area contributed by atoms with Crippen LogP contribution in [0.25, 0.3) is 0 Å². The lowest BCUT2D eigenvalue weighted by Gasteiger charge is -2.11. The van der Waals surface area contributed by atoms with E-state index in [1.54, 1.807) is 24.5 Å². The lowest BCUT2D eigenvalue weighted by molar-refractivity contribution is 0.553. The number of nitrogens with one attached hydrogen (secondary N) is 2. The summed E-state index contributed by atoms with van der Waals surface area (Å²) < 4.78 is 24.7. The quantitative estimate of drug-likeness (QED) is 0.712. The van der Waals surface area contributed by atoms with E-state index in [0.29, 0.717) is 13.1 Å². The van der Waals surface area contributed by atoms with E-state index in [1.165, 1.54) is 0 Å². The molecular weight excluding hydrogens is 246 g/mol. The van der Waals surface area contributed by atoms with Crippen molar-refractivity contribution in [1.29, 1.82) is 0 Å². The van der Waals surface area contributed by atoms with Crippen molar-refractivity contribution >= 4 is 21.4 Å². The van der Waals surface area contributed by atoms with Gasteiger partial charge in [0.1, 0.15) is 5.01 Å². The molecule has 0 aliphatic heterocycles. The van der Waals surface area contributed by atoms with Crippen molar-refractivity contribution < 1.29 is 8.42 Å². The van der Waals surface area contributed by atoms with Crippen molar-refractivity contribution in [3.8, 4) is 0 Å². The van der Waals surface area contributed by atoms with Gasteiger partial charge in [-0.15, -0.1) is 11.3 Å². The summed E-state index contributed by atoms with van der Waals surface area (Å²) in [4.78, 5) is 4.18. The van der Waals surface area contributed by atoms with Crippen LogP contribution >= 0.6 is 11.3 Å². The molecule has 1 heterocycles. The molecule has 0 aliphatic rings. The van der Waals surface area contributed by atoms with Crippen molar-refractivity contribution in [2.45, 2.75) is 19.9 Å². The Balaban J connectivity index is 2.22. The number of rotatable bonds is 7. The van der Waals surface area contributed by atoms with Gasteiger partial charge >= 0.3 is 0 Å². The molecule has 16 heavy (non-hydrogen) atoms. The molecule has 1 rings (SSSR count). The topological polar surface area (TPSA) is 71.1 Å². The fourth-order valence-corrected chi connectivity index (χ4v) is 2.42.